The number of hydrogen-bond donors (Lipinski definition) is 2. The number of thiazole rings is 1. The monoisotopic (exact) mass is 253 g/mol. The van der Waals surface area contributed by atoms with Crippen LogP contribution in [0, 0.1) is 6.92 Å². The molecule has 3 N–H and O–H groups in total. The van der Waals surface area contributed by atoms with Gasteiger partial charge in [0.2, 0.25) is 0 Å². The molecule has 1 amide bonds. The van der Waals surface area contributed by atoms with Gasteiger partial charge < -0.3 is 11.1 Å². The van der Waals surface area contributed by atoms with Crippen LogP contribution in [0.4, 0.5) is 0 Å². The van der Waals surface area contributed by atoms with Crippen molar-refractivity contribution in [3.05, 3.63) is 15.6 Å². The van der Waals surface area contributed by atoms with E-state index in [1.54, 1.807) is 11.3 Å². The third-order valence-electron chi connectivity index (χ3n) is 3.15. The molecule has 1 aliphatic rings. The second kappa shape index (κ2) is 5.60. The van der Waals surface area contributed by atoms with E-state index in [2.05, 4.69) is 10.3 Å². The topological polar surface area (TPSA) is 68.0 Å². The lowest BCUT2D eigenvalue weighted by Gasteiger charge is -2.02. The zero-order chi connectivity index (χ0) is 12.3. The summed E-state index contributed by atoms with van der Waals surface area (Å²) in [5.41, 5.74) is 6.22. The number of amides is 1. The van der Waals surface area contributed by atoms with Crippen LogP contribution in [0.5, 0.6) is 0 Å². The third kappa shape index (κ3) is 2.84. The summed E-state index contributed by atoms with van der Waals surface area (Å²) in [7, 11) is 0. The van der Waals surface area contributed by atoms with Crippen molar-refractivity contribution in [3.8, 4) is 0 Å². The quantitative estimate of drug-likeness (QED) is 0.859. The Labute approximate surface area is 106 Å². The van der Waals surface area contributed by atoms with Crippen molar-refractivity contribution < 1.29 is 4.79 Å². The highest BCUT2D eigenvalue weighted by Gasteiger charge is 2.23. The zero-order valence-electron chi connectivity index (χ0n) is 10.2. The average Bonchev–Trinajstić information content (AvgIpc) is 2.94. The molecule has 0 aromatic carbocycles. The van der Waals surface area contributed by atoms with Crippen LogP contribution in [0.25, 0.3) is 0 Å². The molecule has 0 unspecified atom stereocenters. The Balaban J connectivity index is 2.09. The highest BCUT2D eigenvalue weighted by atomic mass is 32.1. The van der Waals surface area contributed by atoms with E-state index >= 15 is 0 Å². The number of nitrogens with one attached hydrogen (secondary N) is 1. The summed E-state index contributed by atoms with van der Waals surface area (Å²) in [5.74, 6) is 0.546. The lowest BCUT2D eigenvalue weighted by atomic mass is 10.1. The molecule has 94 valence electrons. The number of nitrogens with zero attached hydrogens (tertiary/aromatic N) is 1. The van der Waals surface area contributed by atoms with Crippen LogP contribution in [0.1, 0.15) is 52.0 Å². The van der Waals surface area contributed by atoms with Crippen molar-refractivity contribution in [1.29, 1.82) is 0 Å². The maximum atomic E-state index is 11.9. The fraction of sp³-hybridized carbons (Fsp3) is 0.667. The molecule has 0 saturated heterocycles. The smallest absolute Gasteiger partial charge is 0.263 e. The molecule has 0 radical (unpaired) electrons. The molecule has 0 atom stereocenters. The number of carbonyl (C=O) groups is 1. The summed E-state index contributed by atoms with van der Waals surface area (Å²) in [5, 5.41) is 3.94. The van der Waals surface area contributed by atoms with Crippen molar-refractivity contribution in [2.24, 2.45) is 5.73 Å². The van der Waals surface area contributed by atoms with Gasteiger partial charge in [0.1, 0.15) is 4.88 Å². The summed E-state index contributed by atoms with van der Waals surface area (Å²) >= 11 is 1.55. The lowest BCUT2D eigenvalue weighted by Crippen LogP contribution is -2.28. The van der Waals surface area contributed by atoms with Crippen molar-refractivity contribution >= 4 is 17.2 Å². The first kappa shape index (κ1) is 12.5. The standard InChI is InChI=1S/C12H19N3OS/c1-8-10(11(16)14-7-6-13)17-12(15-8)9-4-2-3-5-9/h9H,2-7,13H2,1H3,(H,14,16). The molecule has 17 heavy (non-hydrogen) atoms. The highest BCUT2D eigenvalue weighted by Crippen LogP contribution is 2.36. The first-order valence-corrected chi connectivity index (χ1v) is 6.99. The Morgan fingerprint density at radius 2 is 2.24 bits per heavy atom. The predicted octanol–water partition coefficient (Wildman–Crippen LogP) is 1.80. The number of aromatic nitrogens is 1. The largest absolute Gasteiger partial charge is 0.350 e. The van der Waals surface area contributed by atoms with E-state index < -0.39 is 0 Å². The normalized spacial score (nSPS) is 16.4. The minimum atomic E-state index is -0.0327. The van der Waals surface area contributed by atoms with Crippen molar-refractivity contribution in [3.63, 3.8) is 0 Å². The van der Waals surface area contributed by atoms with Gasteiger partial charge in [0.05, 0.1) is 10.7 Å². The molecule has 5 heteroatoms. The number of nitrogens with two attached hydrogens (primary N) is 1. The number of hydrogen-bond acceptors (Lipinski definition) is 4. The number of carbonyl (C=O) groups excluding carboxylic acids is 1. The van der Waals surface area contributed by atoms with E-state index in [4.69, 9.17) is 5.73 Å². The van der Waals surface area contributed by atoms with Gasteiger partial charge in [-0.1, -0.05) is 12.8 Å². The average molecular weight is 253 g/mol. The minimum Gasteiger partial charge on any atom is -0.350 e. The Morgan fingerprint density at radius 3 is 2.88 bits per heavy atom. The molecule has 1 heterocycles. The molecule has 1 aliphatic carbocycles. The highest BCUT2D eigenvalue weighted by molar-refractivity contribution is 7.13. The number of rotatable bonds is 4. The molecule has 0 spiro atoms. The molecule has 1 aromatic rings. The summed E-state index contributed by atoms with van der Waals surface area (Å²) in [6.07, 6.45) is 5.02. The van der Waals surface area contributed by atoms with Crippen LogP contribution in [0.15, 0.2) is 0 Å². The second-order valence-electron chi connectivity index (χ2n) is 4.49. The van der Waals surface area contributed by atoms with Crippen LogP contribution in [-0.4, -0.2) is 24.0 Å². The van der Waals surface area contributed by atoms with E-state index in [0.717, 1.165) is 15.6 Å². The summed E-state index contributed by atoms with van der Waals surface area (Å²) in [4.78, 5) is 17.2. The van der Waals surface area contributed by atoms with Crippen LogP contribution in [-0.2, 0) is 0 Å². The summed E-state index contributed by atoms with van der Waals surface area (Å²) in [6, 6.07) is 0. The first-order chi connectivity index (χ1) is 8.22. The molecule has 1 fully saturated rings. The van der Waals surface area contributed by atoms with E-state index in [1.165, 1.54) is 25.7 Å². The molecule has 2 rings (SSSR count). The number of aryl methyl sites for hydroxylation is 1. The van der Waals surface area contributed by atoms with Crippen LogP contribution in [0.3, 0.4) is 0 Å². The predicted molar refractivity (Wildman–Crippen MR) is 69.4 cm³/mol. The van der Waals surface area contributed by atoms with Crippen molar-refractivity contribution in [2.45, 2.75) is 38.5 Å². The fourth-order valence-corrected chi connectivity index (χ4v) is 3.39. The van der Waals surface area contributed by atoms with Gasteiger partial charge in [-0.05, 0) is 19.8 Å². The van der Waals surface area contributed by atoms with Gasteiger partial charge >= 0.3 is 0 Å². The van der Waals surface area contributed by atoms with Gasteiger partial charge in [-0.2, -0.15) is 0 Å². The second-order valence-corrected chi connectivity index (χ2v) is 5.52. The van der Waals surface area contributed by atoms with E-state index in [9.17, 15) is 4.79 Å². The molecule has 0 aliphatic heterocycles. The molecular weight excluding hydrogens is 234 g/mol. The Morgan fingerprint density at radius 1 is 1.53 bits per heavy atom. The van der Waals surface area contributed by atoms with Crippen LogP contribution >= 0.6 is 11.3 Å². The van der Waals surface area contributed by atoms with Gasteiger partial charge in [-0.15, -0.1) is 11.3 Å². The molecular formula is C12H19N3OS. The van der Waals surface area contributed by atoms with E-state index in [0.29, 0.717) is 19.0 Å². The van der Waals surface area contributed by atoms with Gasteiger partial charge in [0, 0.05) is 19.0 Å². The van der Waals surface area contributed by atoms with E-state index in [-0.39, 0.29) is 5.91 Å². The Bertz CT molecular complexity index is 396. The van der Waals surface area contributed by atoms with E-state index in [1.807, 2.05) is 6.92 Å². The minimum absolute atomic E-state index is 0.0327. The van der Waals surface area contributed by atoms with Gasteiger partial charge in [-0.25, -0.2) is 4.98 Å². The maximum absolute atomic E-state index is 11.9. The van der Waals surface area contributed by atoms with Gasteiger partial charge in [-0.3, -0.25) is 4.79 Å². The fourth-order valence-electron chi connectivity index (χ4n) is 2.24. The van der Waals surface area contributed by atoms with Crippen LogP contribution in [0.2, 0.25) is 0 Å². The molecule has 1 aromatic heterocycles. The molecule has 0 bridgehead atoms. The summed E-state index contributed by atoms with van der Waals surface area (Å²) < 4.78 is 0. The summed E-state index contributed by atoms with van der Waals surface area (Å²) in [6.45, 7) is 2.90. The van der Waals surface area contributed by atoms with Crippen molar-refractivity contribution in [1.82, 2.24) is 10.3 Å². The third-order valence-corrected chi connectivity index (χ3v) is 4.47. The van der Waals surface area contributed by atoms with Gasteiger partial charge in [0.25, 0.3) is 5.91 Å². The van der Waals surface area contributed by atoms with Crippen molar-refractivity contribution in [2.75, 3.05) is 13.1 Å². The SMILES string of the molecule is Cc1nc(C2CCCC2)sc1C(=O)NCCN. The lowest BCUT2D eigenvalue weighted by molar-refractivity contribution is 0.0958. The van der Waals surface area contributed by atoms with Crippen LogP contribution < -0.4 is 11.1 Å². The first-order valence-electron chi connectivity index (χ1n) is 6.18. The zero-order valence-corrected chi connectivity index (χ0v) is 11.0. The molecule has 4 nitrogen and oxygen atoms in total. The Kier molecular flexibility index (Phi) is 4.12. The van der Waals surface area contributed by atoms with Gasteiger partial charge in [0.15, 0.2) is 0 Å². The molecule has 1 saturated carbocycles. The maximum Gasteiger partial charge on any atom is 0.263 e. The Hall–Kier alpha value is -0.940.